The van der Waals surface area contributed by atoms with Gasteiger partial charge in [0.05, 0.1) is 12.9 Å². The van der Waals surface area contributed by atoms with Crippen molar-refractivity contribution in [2.45, 2.75) is 0 Å². The first-order valence-corrected chi connectivity index (χ1v) is 8.32. The van der Waals surface area contributed by atoms with Crippen LogP contribution in [0.3, 0.4) is 0 Å². The predicted octanol–water partition coefficient (Wildman–Crippen LogP) is 3.10. The van der Waals surface area contributed by atoms with Crippen LogP contribution in [0.1, 0.15) is 26.5 Å². The molecule has 6 nitrogen and oxygen atoms in total. The summed E-state index contributed by atoms with van der Waals surface area (Å²) in [6.07, 6.45) is 1.33. The zero-order valence-electron chi connectivity index (χ0n) is 13.7. The Bertz CT molecular complexity index is 892. The van der Waals surface area contributed by atoms with Crippen LogP contribution in [0.2, 0.25) is 5.02 Å². The number of hydrogen-bond acceptors (Lipinski definition) is 4. The summed E-state index contributed by atoms with van der Waals surface area (Å²) in [5.41, 5.74) is 0.692. The largest absolute Gasteiger partial charge is 0.492 e. The third kappa shape index (κ3) is 4.29. The Labute approximate surface area is 155 Å². The van der Waals surface area contributed by atoms with E-state index in [4.69, 9.17) is 16.3 Å². The highest BCUT2D eigenvalue weighted by atomic mass is 35.5. The number of aromatic nitrogens is 2. The SMILES string of the molecule is O=C(c1ccccc1)c1nc[nH]c1C(=O)NCCOc1ccc(Cl)cc1. The molecule has 0 saturated carbocycles. The average Bonchev–Trinajstić information content (AvgIpc) is 3.16. The van der Waals surface area contributed by atoms with Crippen LogP contribution in [0.5, 0.6) is 5.75 Å². The van der Waals surface area contributed by atoms with Gasteiger partial charge in [0.1, 0.15) is 23.7 Å². The molecule has 2 aromatic carbocycles. The molecule has 3 aromatic rings. The fourth-order valence-electron chi connectivity index (χ4n) is 2.32. The van der Waals surface area contributed by atoms with Crippen LogP contribution >= 0.6 is 11.6 Å². The van der Waals surface area contributed by atoms with Gasteiger partial charge in [-0.15, -0.1) is 0 Å². The van der Waals surface area contributed by atoms with E-state index in [0.717, 1.165) is 0 Å². The Morgan fingerprint density at radius 2 is 1.81 bits per heavy atom. The first-order chi connectivity index (χ1) is 12.6. The summed E-state index contributed by atoms with van der Waals surface area (Å²) in [4.78, 5) is 31.5. The summed E-state index contributed by atoms with van der Waals surface area (Å²) >= 11 is 5.81. The lowest BCUT2D eigenvalue weighted by Crippen LogP contribution is -2.29. The maximum atomic E-state index is 12.5. The molecule has 0 aliphatic rings. The van der Waals surface area contributed by atoms with Crippen molar-refractivity contribution in [1.82, 2.24) is 15.3 Å². The minimum atomic E-state index is -0.415. The van der Waals surface area contributed by atoms with Crippen molar-refractivity contribution in [3.63, 3.8) is 0 Å². The predicted molar refractivity (Wildman–Crippen MR) is 97.7 cm³/mol. The number of carbonyl (C=O) groups excluding carboxylic acids is 2. The van der Waals surface area contributed by atoms with Gasteiger partial charge in [0.25, 0.3) is 5.91 Å². The molecule has 0 unspecified atom stereocenters. The fraction of sp³-hybridized carbons (Fsp3) is 0.105. The van der Waals surface area contributed by atoms with E-state index in [1.54, 1.807) is 48.5 Å². The summed E-state index contributed by atoms with van der Waals surface area (Å²) in [7, 11) is 0. The lowest BCUT2D eigenvalue weighted by Gasteiger charge is -2.08. The highest BCUT2D eigenvalue weighted by Crippen LogP contribution is 2.15. The van der Waals surface area contributed by atoms with Crippen molar-refractivity contribution in [3.8, 4) is 5.75 Å². The van der Waals surface area contributed by atoms with Crippen LogP contribution in [0, 0.1) is 0 Å². The first kappa shape index (κ1) is 17.7. The number of hydrogen-bond donors (Lipinski definition) is 2. The number of benzene rings is 2. The molecule has 0 atom stereocenters. The van der Waals surface area contributed by atoms with Crippen molar-refractivity contribution in [2.24, 2.45) is 0 Å². The number of H-pyrrole nitrogens is 1. The van der Waals surface area contributed by atoms with Crippen LogP contribution < -0.4 is 10.1 Å². The average molecular weight is 370 g/mol. The highest BCUT2D eigenvalue weighted by Gasteiger charge is 2.21. The number of amides is 1. The molecule has 0 radical (unpaired) electrons. The number of ketones is 1. The van der Waals surface area contributed by atoms with Crippen LogP contribution in [0.25, 0.3) is 0 Å². The molecule has 26 heavy (non-hydrogen) atoms. The number of ether oxygens (including phenoxy) is 1. The van der Waals surface area contributed by atoms with Crippen LogP contribution in [0.15, 0.2) is 60.9 Å². The van der Waals surface area contributed by atoms with Gasteiger partial charge in [-0.25, -0.2) is 4.98 Å². The van der Waals surface area contributed by atoms with Crippen molar-refractivity contribution >= 4 is 23.3 Å². The normalized spacial score (nSPS) is 10.3. The Morgan fingerprint density at radius 3 is 2.54 bits per heavy atom. The molecule has 7 heteroatoms. The van der Waals surface area contributed by atoms with E-state index < -0.39 is 5.91 Å². The summed E-state index contributed by atoms with van der Waals surface area (Å²) in [6.45, 7) is 0.558. The lowest BCUT2D eigenvalue weighted by atomic mass is 10.1. The molecule has 0 spiro atoms. The quantitative estimate of drug-likeness (QED) is 0.495. The molecule has 132 valence electrons. The molecule has 3 rings (SSSR count). The topological polar surface area (TPSA) is 84.1 Å². The van der Waals surface area contributed by atoms with Crippen molar-refractivity contribution in [1.29, 1.82) is 0 Å². The monoisotopic (exact) mass is 369 g/mol. The van der Waals surface area contributed by atoms with Gasteiger partial charge in [-0.1, -0.05) is 41.9 Å². The zero-order chi connectivity index (χ0) is 18.4. The summed E-state index contributed by atoms with van der Waals surface area (Å²) in [6, 6.07) is 15.6. The highest BCUT2D eigenvalue weighted by molar-refractivity contribution is 6.30. The molecular formula is C19H16ClN3O3. The van der Waals surface area contributed by atoms with E-state index >= 15 is 0 Å². The standard InChI is InChI=1S/C19H16ClN3O3/c20-14-6-8-15(9-7-14)26-11-10-21-19(25)17-16(22-12-23-17)18(24)13-4-2-1-3-5-13/h1-9,12H,10-11H2,(H,21,25)(H,22,23). The second kappa shape index (κ2) is 8.31. The van der Waals surface area contributed by atoms with Crippen LogP contribution in [-0.4, -0.2) is 34.8 Å². The van der Waals surface area contributed by atoms with Gasteiger partial charge < -0.3 is 15.0 Å². The molecule has 0 bridgehead atoms. The second-order valence-corrected chi connectivity index (χ2v) is 5.82. The summed E-state index contributed by atoms with van der Waals surface area (Å²) < 4.78 is 5.51. The Hall–Kier alpha value is -3.12. The van der Waals surface area contributed by atoms with Gasteiger partial charge in [-0.2, -0.15) is 0 Å². The number of imidazole rings is 1. The maximum absolute atomic E-state index is 12.5. The number of halogens is 1. The van der Waals surface area contributed by atoms with E-state index in [0.29, 0.717) is 16.3 Å². The molecule has 0 saturated heterocycles. The molecule has 2 N–H and O–H groups in total. The molecule has 1 heterocycles. The Kier molecular flexibility index (Phi) is 5.66. The number of carbonyl (C=O) groups is 2. The van der Waals surface area contributed by atoms with E-state index in [9.17, 15) is 9.59 Å². The summed E-state index contributed by atoms with van der Waals surface area (Å²) in [5.74, 6) is -0.0685. The maximum Gasteiger partial charge on any atom is 0.270 e. The third-order valence-corrected chi connectivity index (χ3v) is 3.84. The Balaban J connectivity index is 1.56. The fourth-order valence-corrected chi connectivity index (χ4v) is 2.44. The van der Waals surface area contributed by atoms with E-state index in [1.165, 1.54) is 6.33 Å². The van der Waals surface area contributed by atoms with Gasteiger partial charge >= 0.3 is 0 Å². The molecule has 1 amide bonds. The van der Waals surface area contributed by atoms with Gasteiger partial charge in [0.15, 0.2) is 0 Å². The minimum Gasteiger partial charge on any atom is -0.492 e. The van der Waals surface area contributed by atoms with Gasteiger partial charge in [0, 0.05) is 10.6 Å². The molecule has 0 fully saturated rings. The van der Waals surface area contributed by atoms with Gasteiger partial charge in [-0.3, -0.25) is 9.59 Å². The first-order valence-electron chi connectivity index (χ1n) is 7.95. The van der Waals surface area contributed by atoms with Crippen LogP contribution in [0.4, 0.5) is 0 Å². The molecule has 0 aliphatic heterocycles. The molecule has 1 aromatic heterocycles. The molecular weight excluding hydrogens is 354 g/mol. The van der Waals surface area contributed by atoms with E-state index in [1.807, 2.05) is 6.07 Å². The van der Waals surface area contributed by atoms with Gasteiger partial charge in [-0.05, 0) is 24.3 Å². The Morgan fingerprint density at radius 1 is 1.08 bits per heavy atom. The van der Waals surface area contributed by atoms with Crippen molar-refractivity contribution in [2.75, 3.05) is 13.2 Å². The zero-order valence-corrected chi connectivity index (χ0v) is 14.5. The second-order valence-electron chi connectivity index (χ2n) is 5.38. The third-order valence-electron chi connectivity index (χ3n) is 3.59. The molecule has 0 aliphatic carbocycles. The minimum absolute atomic E-state index is 0.0901. The van der Waals surface area contributed by atoms with Gasteiger partial charge in [0.2, 0.25) is 5.78 Å². The lowest BCUT2D eigenvalue weighted by molar-refractivity contribution is 0.0931. The van der Waals surface area contributed by atoms with Crippen LogP contribution in [-0.2, 0) is 0 Å². The summed E-state index contributed by atoms with van der Waals surface area (Å²) in [5, 5.41) is 3.33. The van der Waals surface area contributed by atoms with E-state index in [2.05, 4.69) is 15.3 Å². The van der Waals surface area contributed by atoms with Crippen molar-refractivity contribution < 1.29 is 14.3 Å². The van der Waals surface area contributed by atoms with E-state index in [-0.39, 0.29) is 30.3 Å². The number of rotatable bonds is 7. The number of nitrogens with zero attached hydrogens (tertiary/aromatic N) is 1. The number of nitrogens with one attached hydrogen (secondary N) is 2. The van der Waals surface area contributed by atoms with Crippen molar-refractivity contribution in [3.05, 3.63) is 82.9 Å². The smallest absolute Gasteiger partial charge is 0.270 e. The number of aromatic amines is 1.